The van der Waals surface area contributed by atoms with Gasteiger partial charge in [0.2, 0.25) is 0 Å². The zero-order valence-electron chi connectivity index (χ0n) is 8.88. The molecule has 1 heterocycles. The molecule has 1 aliphatic rings. The van der Waals surface area contributed by atoms with Crippen LogP contribution in [0.3, 0.4) is 0 Å². The topological polar surface area (TPSA) is 38.0 Å². The van der Waals surface area contributed by atoms with Crippen LogP contribution in [-0.4, -0.2) is 30.6 Å². The van der Waals surface area contributed by atoms with E-state index in [4.69, 9.17) is 5.73 Å². The molecular weight excluding hydrogens is 192 g/mol. The molecule has 0 aromatic heterocycles. The van der Waals surface area contributed by atoms with E-state index < -0.39 is 0 Å². The van der Waals surface area contributed by atoms with Crippen molar-refractivity contribution in [2.24, 2.45) is 11.7 Å². The number of nitrogens with two attached hydrogens (primary N) is 1. The molecule has 1 saturated heterocycles. The van der Waals surface area contributed by atoms with E-state index in [2.05, 4.69) is 17.2 Å². The minimum absolute atomic E-state index is 0.503. The Labute approximate surface area is 91.4 Å². The molecule has 3 N–H and O–H groups in total. The van der Waals surface area contributed by atoms with Crippen molar-refractivity contribution in [3.63, 3.8) is 0 Å². The maximum atomic E-state index is 5.76. The molecular formula is C11H20N2S. The fourth-order valence-electron chi connectivity index (χ4n) is 1.76. The largest absolute Gasteiger partial charge is 0.329 e. The Morgan fingerprint density at radius 1 is 1.64 bits per heavy atom. The fraction of sp³-hybridized carbons (Fsp3) is 0.818. The average molecular weight is 212 g/mol. The van der Waals surface area contributed by atoms with E-state index in [-0.39, 0.29) is 0 Å². The number of hydrogen-bond donors (Lipinski definition) is 2. The molecule has 2 nitrogen and oxygen atoms in total. The maximum absolute atomic E-state index is 5.76. The first-order valence-corrected chi connectivity index (χ1v) is 6.44. The number of thioether (sulfide) groups is 1. The summed E-state index contributed by atoms with van der Waals surface area (Å²) in [6, 6.07) is 0.503. The second kappa shape index (κ2) is 7.17. The van der Waals surface area contributed by atoms with Crippen molar-refractivity contribution in [3.8, 4) is 11.8 Å². The van der Waals surface area contributed by atoms with Gasteiger partial charge in [0.15, 0.2) is 0 Å². The summed E-state index contributed by atoms with van der Waals surface area (Å²) in [6.45, 7) is 3.61. The van der Waals surface area contributed by atoms with Crippen LogP contribution in [0, 0.1) is 17.8 Å². The molecule has 0 radical (unpaired) electrons. The van der Waals surface area contributed by atoms with Crippen LogP contribution in [-0.2, 0) is 0 Å². The van der Waals surface area contributed by atoms with Gasteiger partial charge in [-0.2, -0.15) is 11.8 Å². The molecule has 3 heteroatoms. The molecule has 1 rings (SSSR count). The van der Waals surface area contributed by atoms with Crippen molar-refractivity contribution >= 4 is 11.8 Å². The highest BCUT2D eigenvalue weighted by Gasteiger charge is 2.23. The lowest BCUT2D eigenvalue weighted by atomic mass is 9.99. The SMILES string of the molecule is CC#CCCNC(CN)C1CCSC1. The summed E-state index contributed by atoms with van der Waals surface area (Å²) < 4.78 is 0. The summed E-state index contributed by atoms with van der Waals surface area (Å²) in [5.41, 5.74) is 5.76. The third kappa shape index (κ3) is 3.91. The quantitative estimate of drug-likeness (QED) is 0.529. The summed E-state index contributed by atoms with van der Waals surface area (Å²) >= 11 is 2.05. The van der Waals surface area contributed by atoms with E-state index in [0.29, 0.717) is 6.04 Å². The van der Waals surface area contributed by atoms with Gasteiger partial charge >= 0.3 is 0 Å². The van der Waals surface area contributed by atoms with Gasteiger partial charge in [0.25, 0.3) is 0 Å². The molecule has 1 fully saturated rings. The highest BCUT2D eigenvalue weighted by molar-refractivity contribution is 7.99. The Balaban J connectivity index is 2.19. The number of nitrogens with one attached hydrogen (secondary N) is 1. The van der Waals surface area contributed by atoms with E-state index in [1.54, 1.807) is 0 Å². The lowest BCUT2D eigenvalue weighted by Gasteiger charge is -2.22. The highest BCUT2D eigenvalue weighted by atomic mass is 32.2. The predicted molar refractivity (Wildman–Crippen MR) is 64.3 cm³/mol. The Kier molecular flexibility index (Phi) is 6.09. The van der Waals surface area contributed by atoms with Crippen LogP contribution in [0.4, 0.5) is 0 Å². The first-order valence-electron chi connectivity index (χ1n) is 5.29. The van der Waals surface area contributed by atoms with Crippen LogP contribution < -0.4 is 11.1 Å². The molecule has 0 aromatic rings. The lowest BCUT2D eigenvalue weighted by molar-refractivity contribution is 0.392. The summed E-state index contributed by atoms with van der Waals surface area (Å²) in [7, 11) is 0. The van der Waals surface area contributed by atoms with Gasteiger partial charge in [-0.1, -0.05) is 0 Å². The van der Waals surface area contributed by atoms with Crippen molar-refractivity contribution in [1.29, 1.82) is 0 Å². The Morgan fingerprint density at radius 2 is 2.50 bits per heavy atom. The minimum atomic E-state index is 0.503. The third-order valence-corrected chi connectivity index (χ3v) is 3.81. The second-order valence-corrected chi connectivity index (χ2v) is 4.75. The van der Waals surface area contributed by atoms with Gasteiger partial charge in [-0.25, -0.2) is 0 Å². The molecule has 0 aliphatic carbocycles. The fourth-order valence-corrected chi connectivity index (χ4v) is 3.10. The van der Waals surface area contributed by atoms with Gasteiger partial charge in [0.05, 0.1) is 0 Å². The molecule has 0 aromatic carbocycles. The molecule has 0 amide bonds. The molecule has 80 valence electrons. The Morgan fingerprint density at radius 3 is 3.07 bits per heavy atom. The summed E-state index contributed by atoms with van der Waals surface area (Å²) in [4.78, 5) is 0. The van der Waals surface area contributed by atoms with E-state index in [9.17, 15) is 0 Å². The second-order valence-electron chi connectivity index (χ2n) is 3.60. The summed E-state index contributed by atoms with van der Waals surface area (Å²) in [5.74, 6) is 9.32. The normalized spacial score (nSPS) is 22.9. The Bertz CT molecular complexity index is 201. The molecule has 2 atom stereocenters. The molecule has 14 heavy (non-hydrogen) atoms. The van der Waals surface area contributed by atoms with Crippen LogP contribution in [0.1, 0.15) is 19.8 Å². The van der Waals surface area contributed by atoms with Crippen LogP contribution in [0.5, 0.6) is 0 Å². The monoisotopic (exact) mass is 212 g/mol. The Hall–Kier alpha value is -0.170. The van der Waals surface area contributed by atoms with Crippen molar-refractivity contribution in [1.82, 2.24) is 5.32 Å². The van der Waals surface area contributed by atoms with Crippen molar-refractivity contribution in [2.75, 3.05) is 24.6 Å². The van der Waals surface area contributed by atoms with Crippen LogP contribution in [0.2, 0.25) is 0 Å². The van der Waals surface area contributed by atoms with Crippen LogP contribution >= 0.6 is 11.8 Å². The van der Waals surface area contributed by atoms with Gasteiger partial charge in [0, 0.05) is 25.6 Å². The zero-order valence-corrected chi connectivity index (χ0v) is 9.70. The number of rotatable bonds is 5. The molecule has 0 saturated carbocycles. The lowest BCUT2D eigenvalue weighted by Crippen LogP contribution is -2.42. The zero-order chi connectivity index (χ0) is 10.2. The first kappa shape index (κ1) is 11.9. The molecule has 0 spiro atoms. The van der Waals surface area contributed by atoms with Crippen molar-refractivity contribution in [3.05, 3.63) is 0 Å². The minimum Gasteiger partial charge on any atom is -0.329 e. The average Bonchev–Trinajstić information content (AvgIpc) is 2.71. The highest BCUT2D eigenvalue weighted by Crippen LogP contribution is 2.25. The van der Waals surface area contributed by atoms with Gasteiger partial charge in [-0.15, -0.1) is 11.8 Å². The standard InChI is InChI=1S/C11H20N2S/c1-2-3-4-6-13-11(8-12)10-5-7-14-9-10/h10-11,13H,4-9,12H2,1H3. The predicted octanol–water partition coefficient (Wildman–Crippen LogP) is 1.07. The summed E-state index contributed by atoms with van der Waals surface area (Å²) in [5, 5.41) is 3.51. The van der Waals surface area contributed by atoms with E-state index in [0.717, 1.165) is 25.4 Å². The van der Waals surface area contributed by atoms with Crippen molar-refractivity contribution in [2.45, 2.75) is 25.8 Å². The third-order valence-electron chi connectivity index (χ3n) is 2.62. The van der Waals surface area contributed by atoms with Gasteiger partial charge in [-0.05, 0) is 30.8 Å². The van der Waals surface area contributed by atoms with Gasteiger partial charge in [0.1, 0.15) is 0 Å². The van der Waals surface area contributed by atoms with Crippen molar-refractivity contribution < 1.29 is 0 Å². The molecule has 0 bridgehead atoms. The maximum Gasteiger partial charge on any atom is 0.0227 e. The van der Waals surface area contributed by atoms with Crippen LogP contribution in [0.15, 0.2) is 0 Å². The molecule has 1 aliphatic heterocycles. The van der Waals surface area contributed by atoms with Crippen LogP contribution in [0.25, 0.3) is 0 Å². The van der Waals surface area contributed by atoms with Gasteiger partial charge in [-0.3, -0.25) is 0 Å². The first-order chi connectivity index (χ1) is 6.88. The van der Waals surface area contributed by atoms with Gasteiger partial charge < -0.3 is 11.1 Å². The molecule has 2 unspecified atom stereocenters. The summed E-state index contributed by atoms with van der Waals surface area (Å²) in [6.07, 6.45) is 2.26. The number of hydrogen-bond acceptors (Lipinski definition) is 3. The van der Waals surface area contributed by atoms with E-state index in [1.165, 1.54) is 17.9 Å². The van der Waals surface area contributed by atoms with E-state index in [1.807, 2.05) is 18.7 Å². The smallest absolute Gasteiger partial charge is 0.0227 e. The van der Waals surface area contributed by atoms with E-state index >= 15 is 0 Å².